The van der Waals surface area contributed by atoms with Crippen molar-refractivity contribution in [2.45, 2.75) is 56.0 Å². The van der Waals surface area contributed by atoms with E-state index in [0.717, 1.165) is 51.6 Å². The van der Waals surface area contributed by atoms with Crippen LogP contribution in [-0.4, -0.2) is 60.0 Å². The van der Waals surface area contributed by atoms with Crippen LogP contribution < -0.4 is 16.0 Å². The van der Waals surface area contributed by atoms with E-state index in [1.165, 1.54) is 12.1 Å². The fourth-order valence-corrected chi connectivity index (χ4v) is 7.07. The molecule has 3 N–H and O–H groups in total. The first kappa shape index (κ1) is 24.7. The van der Waals surface area contributed by atoms with Crippen molar-refractivity contribution >= 4 is 17.6 Å². The fourth-order valence-electron chi connectivity index (χ4n) is 7.07. The largest absolute Gasteiger partial charge is 0.370 e. The molecule has 7 nitrogen and oxygen atoms in total. The number of hydrogen-bond donors (Lipinski definition) is 3. The van der Waals surface area contributed by atoms with E-state index in [9.17, 15) is 14.0 Å². The number of benzene rings is 1. The van der Waals surface area contributed by atoms with Crippen LogP contribution in [0.5, 0.6) is 0 Å². The molecule has 4 aliphatic carbocycles. The minimum Gasteiger partial charge on any atom is -0.370 e. The number of rotatable bonds is 9. The number of carbonyl (C=O) groups excluding carboxylic acids is 2. The molecule has 36 heavy (non-hydrogen) atoms. The van der Waals surface area contributed by atoms with E-state index in [0.29, 0.717) is 35.3 Å². The van der Waals surface area contributed by atoms with Gasteiger partial charge in [0.2, 0.25) is 0 Å². The van der Waals surface area contributed by atoms with Gasteiger partial charge in [0.05, 0.1) is 0 Å². The summed E-state index contributed by atoms with van der Waals surface area (Å²) in [5.41, 5.74) is 0.0150. The molecule has 2 aromatic rings. The molecule has 2 amide bonds. The molecule has 1 aromatic heterocycles. The van der Waals surface area contributed by atoms with Crippen LogP contribution >= 0.6 is 0 Å². The van der Waals surface area contributed by atoms with Gasteiger partial charge >= 0.3 is 0 Å². The Morgan fingerprint density at radius 1 is 1.00 bits per heavy atom. The molecule has 4 bridgehead atoms. The third-order valence-electron chi connectivity index (χ3n) is 7.98. The lowest BCUT2D eigenvalue weighted by molar-refractivity contribution is -0.0448. The van der Waals surface area contributed by atoms with Crippen LogP contribution in [-0.2, 0) is 0 Å². The van der Waals surface area contributed by atoms with E-state index >= 15 is 0 Å². The number of nitrogens with one attached hydrogen (secondary N) is 3. The Labute approximate surface area is 212 Å². The van der Waals surface area contributed by atoms with Gasteiger partial charge in [-0.3, -0.25) is 9.59 Å². The standard InChI is InChI=1S/C28H36FN5O2/c1-34(2)11-5-10-30-24-9-4-8-23(31-24)26(36)33-28-16-19-12-20(17-28)15-27(14-19,18-28)32-25(35)21-6-3-7-22(29)13-21/h3-4,6-9,13,19-20H,5,10-12,14-18H2,1-2H3,(H,30,31)(H,32,35)(H,33,36). The summed E-state index contributed by atoms with van der Waals surface area (Å²) in [5, 5.41) is 9.93. The highest BCUT2D eigenvalue weighted by molar-refractivity contribution is 5.95. The molecular weight excluding hydrogens is 457 g/mol. The van der Waals surface area contributed by atoms with Crippen molar-refractivity contribution in [1.82, 2.24) is 20.5 Å². The molecule has 0 spiro atoms. The van der Waals surface area contributed by atoms with Gasteiger partial charge in [0.1, 0.15) is 17.3 Å². The van der Waals surface area contributed by atoms with E-state index < -0.39 is 5.82 Å². The van der Waals surface area contributed by atoms with Crippen LogP contribution in [0.15, 0.2) is 42.5 Å². The van der Waals surface area contributed by atoms with Crippen LogP contribution in [0.2, 0.25) is 0 Å². The number of hydrogen-bond acceptors (Lipinski definition) is 5. The Morgan fingerprint density at radius 3 is 2.33 bits per heavy atom. The van der Waals surface area contributed by atoms with Crippen molar-refractivity contribution in [3.8, 4) is 0 Å². The molecule has 192 valence electrons. The lowest BCUT2D eigenvalue weighted by Gasteiger charge is -2.62. The van der Waals surface area contributed by atoms with E-state index in [4.69, 9.17) is 0 Å². The zero-order valence-electron chi connectivity index (χ0n) is 21.1. The summed E-state index contributed by atoms with van der Waals surface area (Å²) in [6, 6.07) is 11.3. The molecule has 2 atom stereocenters. The lowest BCUT2D eigenvalue weighted by atomic mass is 9.49. The van der Waals surface area contributed by atoms with Crippen molar-refractivity contribution in [3.05, 3.63) is 59.5 Å². The minimum absolute atomic E-state index is 0.166. The molecule has 1 heterocycles. The van der Waals surface area contributed by atoms with Gasteiger partial charge in [-0.2, -0.15) is 0 Å². The maximum Gasteiger partial charge on any atom is 0.270 e. The number of carbonyl (C=O) groups is 2. The second-order valence-electron chi connectivity index (χ2n) is 11.4. The molecule has 0 aliphatic heterocycles. The number of pyridine rings is 1. The van der Waals surface area contributed by atoms with Gasteiger partial charge in [-0.05, 0) is 108 Å². The maximum absolute atomic E-state index is 13.7. The summed E-state index contributed by atoms with van der Waals surface area (Å²) in [4.78, 5) is 33.1. The zero-order chi connectivity index (χ0) is 25.3. The number of amides is 2. The molecule has 0 saturated heterocycles. The van der Waals surface area contributed by atoms with Crippen molar-refractivity contribution in [2.75, 3.05) is 32.5 Å². The number of aromatic nitrogens is 1. The van der Waals surface area contributed by atoms with Crippen molar-refractivity contribution < 1.29 is 14.0 Å². The number of halogens is 1. The predicted octanol–water partition coefficient (Wildman–Crippen LogP) is 3.84. The molecule has 4 saturated carbocycles. The molecule has 0 radical (unpaired) electrons. The monoisotopic (exact) mass is 493 g/mol. The van der Waals surface area contributed by atoms with E-state index in [1.807, 2.05) is 26.2 Å². The zero-order valence-corrected chi connectivity index (χ0v) is 21.1. The van der Waals surface area contributed by atoms with Gasteiger partial charge in [-0.1, -0.05) is 12.1 Å². The van der Waals surface area contributed by atoms with Gasteiger partial charge in [0.25, 0.3) is 11.8 Å². The average molecular weight is 494 g/mol. The minimum atomic E-state index is -0.418. The molecular formula is C28H36FN5O2. The Morgan fingerprint density at radius 2 is 1.67 bits per heavy atom. The van der Waals surface area contributed by atoms with Crippen molar-refractivity contribution in [1.29, 1.82) is 0 Å². The molecule has 4 fully saturated rings. The summed E-state index contributed by atoms with van der Waals surface area (Å²) in [6.07, 6.45) is 6.49. The highest BCUT2D eigenvalue weighted by atomic mass is 19.1. The topological polar surface area (TPSA) is 86.4 Å². The Balaban J connectivity index is 1.27. The third-order valence-corrected chi connectivity index (χ3v) is 7.98. The van der Waals surface area contributed by atoms with E-state index in [-0.39, 0.29) is 22.9 Å². The first-order valence-electron chi connectivity index (χ1n) is 13.0. The summed E-state index contributed by atoms with van der Waals surface area (Å²) < 4.78 is 13.7. The second kappa shape index (κ2) is 9.81. The maximum atomic E-state index is 13.7. The first-order chi connectivity index (χ1) is 17.2. The Bertz CT molecular complexity index is 1120. The van der Waals surface area contributed by atoms with Gasteiger partial charge in [0.15, 0.2) is 0 Å². The van der Waals surface area contributed by atoms with Crippen LogP contribution in [0.25, 0.3) is 0 Å². The normalized spacial score (nSPS) is 28.2. The van der Waals surface area contributed by atoms with Gasteiger partial charge in [-0.25, -0.2) is 9.37 Å². The molecule has 1 aromatic carbocycles. The van der Waals surface area contributed by atoms with E-state index in [1.54, 1.807) is 18.2 Å². The first-order valence-corrected chi connectivity index (χ1v) is 13.0. The summed E-state index contributed by atoms with van der Waals surface area (Å²) in [7, 11) is 4.09. The Kier molecular flexibility index (Phi) is 6.72. The van der Waals surface area contributed by atoms with Gasteiger partial charge in [-0.15, -0.1) is 0 Å². The third kappa shape index (κ3) is 5.38. The van der Waals surface area contributed by atoms with Crippen LogP contribution in [0.3, 0.4) is 0 Å². The van der Waals surface area contributed by atoms with Crippen molar-refractivity contribution in [3.63, 3.8) is 0 Å². The molecule has 2 unspecified atom stereocenters. The number of anilines is 1. The summed E-state index contributed by atoms with van der Waals surface area (Å²) in [6.45, 7) is 1.77. The summed E-state index contributed by atoms with van der Waals surface area (Å²) in [5.74, 6) is 0.784. The van der Waals surface area contributed by atoms with Crippen molar-refractivity contribution in [2.24, 2.45) is 11.8 Å². The highest BCUT2D eigenvalue weighted by Gasteiger charge is 2.58. The number of nitrogens with zero attached hydrogens (tertiary/aromatic N) is 2. The SMILES string of the molecule is CN(C)CCCNc1cccc(C(=O)NC23CC4CC(CC(NC(=O)c5cccc(F)c5)(C4)C2)C3)n1. The summed E-state index contributed by atoms with van der Waals surface area (Å²) >= 11 is 0. The quantitative estimate of drug-likeness (QED) is 0.462. The van der Waals surface area contributed by atoms with Crippen LogP contribution in [0.1, 0.15) is 65.8 Å². The Hall–Kier alpha value is -3.00. The smallest absolute Gasteiger partial charge is 0.270 e. The highest BCUT2D eigenvalue weighted by Crippen LogP contribution is 2.57. The molecule has 6 rings (SSSR count). The van der Waals surface area contributed by atoms with E-state index in [2.05, 4.69) is 25.8 Å². The molecule has 4 aliphatic rings. The van der Waals surface area contributed by atoms with Crippen LogP contribution in [0.4, 0.5) is 10.2 Å². The fraction of sp³-hybridized carbons (Fsp3) is 0.536. The average Bonchev–Trinajstić information content (AvgIpc) is 2.80. The van der Waals surface area contributed by atoms with Gasteiger partial charge < -0.3 is 20.9 Å². The lowest BCUT2D eigenvalue weighted by Crippen LogP contribution is -2.69. The predicted molar refractivity (Wildman–Crippen MR) is 137 cm³/mol. The van der Waals surface area contributed by atoms with Crippen LogP contribution in [0, 0.1) is 17.7 Å². The second-order valence-corrected chi connectivity index (χ2v) is 11.4. The molecule has 8 heteroatoms. The van der Waals surface area contributed by atoms with Gasteiger partial charge in [0, 0.05) is 23.2 Å².